The maximum Gasteiger partial charge on any atom is 0.133 e. The summed E-state index contributed by atoms with van der Waals surface area (Å²) in [7, 11) is 0. The van der Waals surface area contributed by atoms with Crippen LogP contribution >= 0.6 is 11.9 Å². The van der Waals surface area contributed by atoms with Crippen LogP contribution in [-0.4, -0.2) is 4.98 Å². The van der Waals surface area contributed by atoms with Crippen LogP contribution in [0.1, 0.15) is 11.7 Å². The Morgan fingerprint density at radius 2 is 2.00 bits per heavy atom. The van der Waals surface area contributed by atoms with E-state index in [4.69, 9.17) is 0 Å². The van der Waals surface area contributed by atoms with Gasteiger partial charge < -0.3 is 0 Å². The fraction of sp³-hybridized carbons (Fsp3) is 0.0833. The van der Waals surface area contributed by atoms with Crippen LogP contribution in [0.2, 0.25) is 0 Å². The fourth-order valence-electron chi connectivity index (χ4n) is 1.66. The van der Waals surface area contributed by atoms with Gasteiger partial charge in [0.15, 0.2) is 0 Å². The summed E-state index contributed by atoms with van der Waals surface area (Å²) in [5.41, 5.74) is 1.95. The van der Waals surface area contributed by atoms with E-state index in [1.54, 1.807) is 0 Å². The number of rotatable bonds is 1. The molecule has 0 saturated heterocycles. The zero-order valence-electron chi connectivity index (χ0n) is 8.45. The Balaban J connectivity index is 2.07. The average molecular weight is 227 g/mol. The second-order valence-electron chi connectivity index (χ2n) is 3.50. The summed E-state index contributed by atoms with van der Waals surface area (Å²) >= 11 is 1.35. The van der Waals surface area contributed by atoms with Crippen molar-refractivity contribution in [1.82, 2.24) is 4.98 Å². The van der Waals surface area contributed by atoms with E-state index in [0.29, 0.717) is 0 Å². The molecule has 1 atom stereocenters. The van der Waals surface area contributed by atoms with Gasteiger partial charge >= 0.3 is 0 Å². The number of pyridine rings is 1. The zero-order valence-corrected chi connectivity index (χ0v) is 9.26. The van der Waals surface area contributed by atoms with E-state index in [-0.39, 0.29) is 6.04 Å². The Labute approximate surface area is 97.4 Å². The van der Waals surface area contributed by atoms with Gasteiger partial charge in [-0.2, -0.15) is 5.11 Å². The second kappa shape index (κ2) is 4.06. The normalized spacial score (nSPS) is 19.1. The highest BCUT2D eigenvalue weighted by Crippen LogP contribution is 2.26. The van der Waals surface area contributed by atoms with Gasteiger partial charge in [0.25, 0.3) is 0 Å². The van der Waals surface area contributed by atoms with Crippen molar-refractivity contribution >= 4 is 22.9 Å². The summed E-state index contributed by atoms with van der Waals surface area (Å²) < 4.78 is 3.93. The molecule has 0 amide bonds. The summed E-state index contributed by atoms with van der Waals surface area (Å²) in [5, 5.41) is 7.23. The highest BCUT2D eigenvalue weighted by atomic mass is 32.2. The van der Waals surface area contributed by atoms with Gasteiger partial charge in [-0.1, -0.05) is 24.3 Å². The third-order valence-corrected chi connectivity index (χ3v) is 2.93. The standard InChI is InChI=1S/C12H9N3S/c1-2-4-10-9(3-1)5-6-11(13-10)12-7-8-16-15-14-12/h1-8,12H. The monoisotopic (exact) mass is 227 g/mol. The van der Waals surface area contributed by atoms with E-state index in [2.05, 4.69) is 26.8 Å². The molecule has 1 unspecified atom stereocenters. The lowest BCUT2D eigenvalue weighted by molar-refractivity contribution is 0.822. The summed E-state index contributed by atoms with van der Waals surface area (Å²) in [4.78, 5) is 4.58. The Bertz CT molecular complexity index is 565. The van der Waals surface area contributed by atoms with Gasteiger partial charge in [0.1, 0.15) is 6.04 Å². The van der Waals surface area contributed by atoms with E-state index in [1.807, 2.05) is 35.7 Å². The summed E-state index contributed by atoms with van der Waals surface area (Å²) in [6, 6.07) is 12.1. The van der Waals surface area contributed by atoms with Crippen LogP contribution in [-0.2, 0) is 0 Å². The van der Waals surface area contributed by atoms with Crippen LogP contribution in [0.5, 0.6) is 0 Å². The second-order valence-corrected chi connectivity index (χ2v) is 4.15. The molecule has 1 aromatic carbocycles. The molecule has 2 heterocycles. The van der Waals surface area contributed by atoms with E-state index in [1.165, 1.54) is 11.9 Å². The third-order valence-electron chi connectivity index (χ3n) is 2.46. The Kier molecular flexibility index (Phi) is 2.42. The largest absolute Gasteiger partial charge is 0.250 e. The minimum absolute atomic E-state index is 0.0362. The van der Waals surface area contributed by atoms with E-state index >= 15 is 0 Å². The van der Waals surface area contributed by atoms with E-state index in [0.717, 1.165) is 16.6 Å². The SMILES string of the molecule is C1=CC(c2ccc3ccccc3n2)N=NS1. The molecule has 4 heteroatoms. The Morgan fingerprint density at radius 1 is 1.06 bits per heavy atom. The van der Waals surface area contributed by atoms with Crippen molar-refractivity contribution in [3.8, 4) is 0 Å². The molecule has 1 aliphatic heterocycles. The molecule has 2 aromatic rings. The molecule has 0 spiro atoms. The Hall–Kier alpha value is -1.68. The predicted octanol–water partition coefficient (Wildman–Crippen LogP) is 3.90. The zero-order chi connectivity index (χ0) is 10.8. The lowest BCUT2D eigenvalue weighted by atomic mass is 10.1. The molecule has 3 nitrogen and oxygen atoms in total. The highest BCUT2D eigenvalue weighted by Gasteiger charge is 2.10. The van der Waals surface area contributed by atoms with Crippen molar-refractivity contribution in [2.75, 3.05) is 0 Å². The van der Waals surface area contributed by atoms with Crippen LogP contribution in [0.4, 0.5) is 0 Å². The van der Waals surface area contributed by atoms with Crippen LogP contribution in [0.25, 0.3) is 10.9 Å². The van der Waals surface area contributed by atoms with Crippen LogP contribution < -0.4 is 0 Å². The molecule has 0 bridgehead atoms. The number of fused-ring (bicyclic) bond motifs is 1. The van der Waals surface area contributed by atoms with Crippen molar-refractivity contribution in [3.05, 3.63) is 53.6 Å². The molecule has 0 aliphatic carbocycles. The molecule has 78 valence electrons. The fourth-order valence-corrected chi connectivity index (χ4v) is 2.09. The van der Waals surface area contributed by atoms with Crippen LogP contribution in [0.15, 0.2) is 57.5 Å². The molecular weight excluding hydrogens is 218 g/mol. The number of hydrogen-bond donors (Lipinski definition) is 0. The summed E-state index contributed by atoms with van der Waals surface area (Å²) in [6.07, 6.45) is 2.01. The quantitative estimate of drug-likeness (QED) is 0.693. The van der Waals surface area contributed by atoms with Crippen molar-refractivity contribution in [2.45, 2.75) is 6.04 Å². The number of hydrogen-bond acceptors (Lipinski definition) is 4. The van der Waals surface area contributed by atoms with Gasteiger partial charge in [-0.3, -0.25) is 4.98 Å². The molecule has 1 aliphatic rings. The summed E-state index contributed by atoms with van der Waals surface area (Å²) in [5.74, 6) is 0. The minimum atomic E-state index is -0.0362. The molecule has 0 N–H and O–H groups in total. The first-order valence-electron chi connectivity index (χ1n) is 5.02. The van der Waals surface area contributed by atoms with Crippen molar-refractivity contribution in [1.29, 1.82) is 0 Å². The molecular formula is C12H9N3S. The van der Waals surface area contributed by atoms with Gasteiger partial charge in [0, 0.05) is 17.3 Å². The van der Waals surface area contributed by atoms with Gasteiger partial charge in [0.05, 0.1) is 11.2 Å². The average Bonchev–Trinajstić information content (AvgIpc) is 2.39. The van der Waals surface area contributed by atoms with Crippen molar-refractivity contribution < 1.29 is 0 Å². The summed E-state index contributed by atoms with van der Waals surface area (Å²) in [6.45, 7) is 0. The first-order chi connectivity index (χ1) is 7.93. The number of nitrogens with zero attached hydrogens (tertiary/aromatic N) is 3. The molecule has 16 heavy (non-hydrogen) atoms. The number of para-hydroxylation sites is 1. The predicted molar refractivity (Wildman–Crippen MR) is 66.1 cm³/mol. The number of aromatic nitrogens is 1. The van der Waals surface area contributed by atoms with E-state index in [9.17, 15) is 0 Å². The smallest absolute Gasteiger partial charge is 0.133 e. The van der Waals surface area contributed by atoms with Gasteiger partial charge in [-0.25, -0.2) is 0 Å². The molecule has 0 fully saturated rings. The lowest BCUT2D eigenvalue weighted by Crippen LogP contribution is -1.96. The van der Waals surface area contributed by atoms with Gasteiger partial charge in [-0.05, 0) is 23.6 Å². The molecule has 0 radical (unpaired) electrons. The van der Waals surface area contributed by atoms with Crippen LogP contribution in [0.3, 0.4) is 0 Å². The first kappa shape index (κ1) is 9.54. The minimum Gasteiger partial charge on any atom is -0.250 e. The van der Waals surface area contributed by atoms with Gasteiger partial charge in [0.2, 0.25) is 0 Å². The van der Waals surface area contributed by atoms with Crippen molar-refractivity contribution in [3.63, 3.8) is 0 Å². The highest BCUT2D eigenvalue weighted by molar-refractivity contribution is 8.00. The van der Waals surface area contributed by atoms with Gasteiger partial charge in [-0.15, -0.1) is 4.52 Å². The maximum atomic E-state index is 4.58. The maximum absolute atomic E-state index is 4.58. The van der Waals surface area contributed by atoms with E-state index < -0.39 is 0 Å². The molecule has 0 saturated carbocycles. The first-order valence-corrected chi connectivity index (χ1v) is 5.85. The third kappa shape index (κ3) is 1.72. The van der Waals surface area contributed by atoms with Crippen LogP contribution in [0, 0.1) is 0 Å². The lowest BCUT2D eigenvalue weighted by Gasteiger charge is -2.08. The topological polar surface area (TPSA) is 37.6 Å². The molecule has 3 rings (SSSR count). The number of benzene rings is 1. The molecule has 1 aromatic heterocycles. The Morgan fingerprint density at radius 3 is 2.88 bits per heavy atom. The van der Waals surface area contributed by atoms with Crippen molar-refractivity contribution in [2.24, 2.45) is 9.63 Å².